The van der Waals surface area contributed by atoms with E-state index in [1.165, 1.54) is 18.3 Å². The zero-order valence-electron chi connectivity index (χ0n) is 10.8. The SMILES string of the molecule is CC(=O)c1ccccc1NS(=O)(=O)c1cc(Br)sc1C. The van der Waals surface area contributed by atoms with Crippen LogP contribution in [-0.2, 0) is 10.0 Å². The van der Waals surface area contributed by atoms with E-state index in [0.29, 0.717) is 16.1 Å². The summed E-state index contributed by atoms with van der Waals surface area (Å²) in [7, 11) is -3.70. The van der Waals surface area contributed by atoms with E-state index in [-0.39, 0.29) is 10.7 Å². The lowest BCUT2D eigenvalue weighted by Crippen LogP contribution is -2.15. The number of ketones is 1. The van der Waals surface area contributed by atoms with Crippen LogP contribution in [0.1, 0.15) is 22.2 Å². The Labute approximate surface area is 130 Å². The van der Waals surface area contributed by atoms with E-state index in [9.17, 15) is 13.2 Å². The average molecular weight is 374 g/mol. The molecule has 7 heteroatoms. The molecule has 0 radical (unpaired) electrons. The first-order valence-electron chi connectivity index (χ1n) is 5.70. The van der Waals surface area contributed by atoms with Crippen LogP contribution in [0.15, 0.2) is 39.0 Å². The van der Waals surface area contributed by atoms with Gasteiger partial charge in [-0.25, -0.2) is 8.42 Å². The van der Waals surface area contributed by atoms with Crippen LogP contribution < -0.4 is 4.72 Å². The topological polar surface area (TPSA) is 63.2 Å². The van der Waals surface area contributed by atoms with Gasteiger partial charge in [0.05, 0.1) is 9.47 Å². The van der Waals surface area contributed by atoms with Gasteiger partial charge in [0.1, 0.15) is 4.90 Å². The lowest BCUT2D eigenvalue weighted by atomic mass is 10.1. The summed E-state index contributed by atoms with van der Waals surface area (Å²) in [6.45, 7) is 3.14. The van der Waals surface area contributed by atoms with Crippen molar-refractivity contribution in [2.24, 2.45) is 0 Å². The van der Waals surface area contributed by atoms with Gasteiger partial charge in [-0.3, -0.25) is 9.52 Å². The number of Topliss-reactive ketones (excluding diaryl/α,β-unsaturated/α-hetero) is 1. The summed E-state index contributed by atoms with van der Waals surface area (Å²) in [5.41, 5.74) is 0.643. The smallest absolute Gasteiger partial charge is 0.263 e. The molecule has 20 heavy (non-hydrogen) atoms. The number of nitrogens with one attached hydrogen (secondary N) is 1. The van der Waals surface area contributed by atoms with E-state index in [0.717, 1.165) is 3.79 Å². The summed E-state index contributed by atoms with van der Waals surface area (Å²) in [4.78, 5) is 12.4. The molecule has 0 amide bonds. The standard InChI is InChI=1S/C13H12BrNO3S2/c1-8(16)10-5-3-4-6-11(10)15-20(17,18)12-7-13(14)19-9(12)2/h3-7,15H,1-2H3. The summed E-state index contributed by atoms with van der Waals surface area (Å²) in [6.07, 6.45) is 0. The van der Waals surface area contributed by atoms with Crippen molar-refractivity contribution in [2.75, 3.05) is 4.72 Å². The summed E-state index contributed by atoms with van der Waals surface area (Å²) in [5.74, 6) is -0.188. The van der Waals surface area contributed by atoms with Crippen LogP contribution in [0.5, 0.6) is 0 Å². The van der Waals surface area contributed by atoms with Crippen molar-refractivity contribution in [3.8, 4) is 0 Å². The number of halogens is 1. The van der Waals surface area contributed by atoms with Crippen LogP contribution in [0.2, 0.25) is 0 Å². The van der Waals surface area contributed by atoms with Crippen molar-refractivity contribution in [1.82, 2.24) is 0 Å². The molecule has 1 aromatic carbocycles. The molecule has 0 aliphatic heterocycles. The maximum atomic E-state index is 12.4. The Bertz CT molecular complexity index is 766. The predicted octanol–water partition coefficient (Wildman–Crippen LogP) is 3.82. The van der Waals surface area contributed by atoms with Crippen molar-refractivity contribution in [3.63, 3.8) is 0 Å². The van der Waals surface area contributed by atoms with Gasteiger partial charge in [0.15, 0.2) is 5.78 Å². The first-order valence-corrected chi connectivity index (χ1v) is 8.79. The Morgan fingerprint density at radius 1 is 1.30 bits per heavy atom. The quantitative estimate of drug-likeness (QED) is 0.828. The van der Waals surface area contributed by atoms with Crippen LogP contribution in [0.25, 0.3) is 0 Å². The number of hydrogen-bond acceptors (Lipinski definition) is 4. The molecule has 106 valence electrons. The van der Waals surface area contributed by atoms with Crippen molar-refractivity contribution >= 4 is 48.8 Å². The number of aryl methyl sites for hydroxylation is 1. The van der Waals surface area contributed by atoms with Crippen molar-refractivity contribution in [3.05, 3.63) is 44.6 Å². The Hall–Kier alpha value is -1.18. The lowest BCUT2D eigenvalue weighted by molar-refractivity contribution is 0.101. The summed E-state index contributed by atoms with van der Waals surface area (Å²) in [5, 5.41) is 0. The minimum absolute atomic E-state index is 0.188. The number of rotatable bonds is 4. The second-order valence-corrected chi connectivity index (χ2v) is 8.46. The minimum Gasteiger partial charge on any atom is -0.294 e. The van der Waals surface area contributed by atoms with Crippen molar-refractivity contribution < 1.29 is 13.2 Å². The Balaban J connectivity index is 2.44. The molecule has 0 unspecified atom stereocenters. The van der Waals surface area contributed by atoms with Crippen molar-refractivity contribution in [1.29, 1.82) is 0 Å². The second-order valence-electron chi connectivity index (χ2n) is 4.18. The number of benzene rings is 1. The second kappa shape index (κ2) is 5.67. The molecule has 0 saturated carbocycles. The Morgan fingerprint density at radius 2 is 1.95 bits per heavy atom. The number of carbonyl (C=O) groups excluding carboxylic acids is 1. The van der Waals surface area contributed by atoms with Gasteiger partial charge in [-0.05, 0) is 48.0 Å². The normalized spacial score (nSPS) is 11.3. The van der Waals surface area contributed by atoms with Gasteiger partial charge in [0.25, 0.3) is 10.0 Å². The Kier molecular flexibility index (Phi) is 4.31. The zero-order valence-corrected chi connectivity index (χ0v) is 14.0. The molecule has 0 aliphatic rings. The highest BCUT2D eigenvalue weighted by molar-refractivity contribution is 9.11. The first kappa shape index (κ1) is 15.2. The summed E-state index contributed by atoms with van der Waals surface area (Å²) >= 11 is 4.62. The van der Waals surface area contributed by atoms with Gasteiger partial charge in [-0.2, -0.15) is 0 Å². The average Bonchev–Trinajstić information content (AvgIpc) is 2.69. The summed E-state index contributed by atoms with van der Waals surface area (Å²) in [6, 6.07) is 8.10. The molecule has 1 aromatic heterocycles. The molecule has 0 fully saturated rings. The van der Waals surface area contributed by atoms with Gasteiger partial charge in [-0.15, -0.1) is 11.3 Å². The van der Waals surface area contributed by atoms with E-state index in [1.807, 2.05) is 0 Å². The third kappa shape index (κ3) is 3.11. The van der Waals surface area contributed by atoms with Gasteiger partial charge in [0.2, 0.25) is 0 Å². The van der Waals surface area contributed by atoms with Crippen LogP contribution in [0.3, 0.4) is 0 Å². The van der Waals surface area contributed by atoms with E-state index in [4.69, 9.17) is 0 Å². The predicted molar refractivity (Wildman–Crippen MR) is 84.0 cm³/mol. The number of anilines is 1. The third-order valence-corrected chi connectivity index (χ3v) is 5.86. The minimum atomic E-state index is -3.70. The van der Waals surface area contributed by atoms with Crippen LogP contribution >= 0.6 is 27.3 Å². The fraction of sp³-hybridized carbons (Fsp3) is 0.154. The van der Waals surface area contributed by atoms with Crippen LogP contribution in [0, 0.1) is 6.92 Å². The zero-order chi connectivity index (χ0) is 14.9. The number of hydrogen-bond donors (Lipinski definition) is 1. The van der Waals surface area contributed by atoms with Crippen LogP contribution in [0.4, 0.5) is 5.69 Å². The highest BCUT2D eigenvalue weighted by Crippen LogP contribution is 2.31. The molecule has 0 saturated heterocycles. The molecule has 1 heterocycles. The largest absolute Gasteiger partial charge is 0.294 e. The first-order chi connectivity index (χ1) is 9.31. The summed E-state index contributed by atoms with van der Waals surface area (Å²) < 4.78 is 28.0. The number of para-hydroxylation sites is 1. The number of sulfonamides is 1. The molecule has 2 aromatic rings. The highest BCUT2D eigenvalue weighted by atomic mass is 79.9. The Morgan fingerprint density at radius 3 is 2.50 bits per heavy atom. The van der Waals surface area contributed by atoms with Crippen molar-refractivity contribution in [2.45, 2.75) is 18.7 Å². The maximum Gasteiger partial charge on any atom is 0.263 e. The molecule has 1 N–H and O–H groups in total. The molecule has 0 spiro atoms. The number of thiophene rings is 1. The fourth-order valence-corrected chi connectivity index (χ4v) is 5.27. The van der Waals surface area contributed by atoms with E-state index in [1.54, 1.807) is 37.3 Å². The van der Waals surface area contributed by atoms with E-state index in [2.05, 4.69) is 20.7 Å². The fourth-order valence-electron chi connectivity index (χ4n) is 1.78. The van der Waals surface area contributed by atoms with Gasteiger partial charge >= 0.3 is 0 Å². The molecule has 2 rings (SSSR count). The van der Waals surface area contributed by atoms with Crippen LogP contribution in [-0.4, -0.2) is 14.2 Å². The number of carbonyl (C=O) groups is 1. The molecular weight excluding hydrogens is 362 g/mol. The van der Waals surface area contributed by atoms with Gasteiger partial charge in [-0.1, -0.05) is 12.1 Å². The monoisotopic (exact) mass is 373 g/mol. The molecule has 0 aliphatic carbocycles. The molecule has 0 atom stereocenters. The van der Waals surface area contributed by atoms with E-state index < -0.39 is 10.0 Å². The van der Waals surface area contributed by atoms with Gasteiger partial charge in [0, 0.05) is 10.4 Å². The molecule has 4 nitrogen and oxygen atoms in total. The highest BCUT2D eigenvalue weighted by Gasteiger charge is 2.21. The maximum absolute atomic E-state index is 12.4. The van der Waals surface area contributed by atoms with E-state index >= 15 is 0 Å². The lowest BCUT2D eigenvalue weighted by Gasteiger charge is -2.10. The molecular formula is C13H12BrNO3S2. The molecule has 0 bridgehead atoms. The van der Waals surface area contributed by atoms with Gasteiger partial charge < -0.3 is 0 Å². The third-order valence-electron chi connectivity index (χ3n) is 2.68.